The van der Waals surface area contributed by atoms with Crippen molar-refractivity contribution in [3.05, 3.63) is 54.1 Å². The molecule has 1 atom stereocenters. The van der Waals surface area contributed by atoms with Gasteiger partial charge in [-0.15, -0.1) is 0 Å². The lowest BCUT2D eigenvalue weighted by Gasteiger charge is -2.12. The van der Waals surface area contributed by atoms with Gasteiger partial charge in [-0.25, -0.2) is 17.9 Å². The number of hydrogen-bond acceptors (Lipinski definition) is 3. The summed E-state index contributed by atoms with van der Waals surface area (Å²) in [4.78, 5) is 11.4. The Bertz CT molecular complexity index is 798. The van der Waals surface area contributed by atoms with Crippen LogP contribution in [0.3, 0.4) is 0 Å². The first-order chi connectivity index (χ1) is 10.8. The fourth-order valence-corrected chi connectivity index (χ4v) is 3.48. The largest absolute Gasteiger partial charge is 0.478 e. The predicted octanol–water partition coefficient (Wildman–Crippen LogP) is 3.13. The molecule has 0 bridgehead atoms. The summed E-state index contributed by atoms with van der Waals surface area (Å²) < 4.78 is 27.0. The molecule has 2 rings (SSSR count). The van der Waals surface area contributed by atoms with E-state index in [0.717, 1.165) is 0 Å². The van der Waals surface area contributed by atoms with Gasteiger partial charge in [-0.2, -0.15) is 0 Å². The van der Waals surface area contributed by atoms with Crippen LogP contribution in [0.15, 0.2) is 53.4 Å². The summed E-state index contributed by atoms with van der Waals surface area (Å²) in [6.45, 7) is 3.70. The maximum Gasteiger partial charge on any atom is 0.336 e. The molecule has 1 unspecified atom stereocenters. The van der Waals surface area contributed by atoms with Gasteiger partial charge in [-0.1, -0.05) is 37.3 Å². The van der Waals surface area contributed by atoms with Crippen LogP contribution in [0, 0.1) is 0 Å². The number of carboxylic acid groups (broad SMARTS) is 1. The number of benzene rings is 2. The molecule has 122 valence electrons. The fourth-order valence-electron chi connectivity index (χ4n) is 2.15. The highest BCUT2D eigenvalue weighted by molar-refractivity contribution is 7.89. The number of rotatable bonds is 6. The first kappa shape index (κ1) is 17.2. The first-order valence-electron chi connectivity index (χ1n) is 7.30. The van der Waals surface area contributed by atoms with Crippen LogP contribution < -0.4 is 4.72 Å². The van der Waals surface area contributed by atoms with Gasteiger partial charge in [-0.05, 0) is 42.7 Å². The quantitative estimate of drug-likeness (QED) is 0.851. The average Bonchev–Trinajstić information content (AvgIpc) is 2.54. The molecule has 0 aromatic heterocycles. The second-order valence-corrected chi connectivity index (χ2v) is 7.02. The van der Waals surface area contributed by atoms with Gasteiger partial charge >= 0.3 is 5.97 Å². The number of hydrogen-bond donors (Lipinski definition) is 2. The Balaban J connectivity index is 2.36. The Morgan fingerprint density at radius 1 is 1.13 bits per heavy atom. The maximum atomic E-state index is 12.2. The predicted molar refractivity (Wildman–Crippen MR) is 88.9 cm³/mol. The average molecular weight is 333 g/mol. The third-order valence-corrected chi connectivity index (χ3v) is 5.21. The van der Waals surface area contributed by atoms with Crippen LogP contribution in [0.5, 0.6) is 0 Å². The number of aromatic carboxylic acids is 1. The molecule has 0 saturated heterocycles. The van der Waals surface area contributed by atoms with Crippen LogP contribution in [0.2, 0.25) is 0 Å². The lowest BCUT2D eigenvalue weighted by atomic mass is 10.00. The molecular formula is C17H19NO4S. The number of sulfonamides is 1. The first-order valence-corrected chi connectivity index (χ1v) is 8.78. The summed E-state index contributed by atoms with van der Waals surface area (Å²) in [6, 6.07) is 12.7. The molecule has 0 spiro atoms. The van der Waals surface area contributed by atoms with E-state index in [1.54, 1.807) is 37.3 Å². The third-order valence-electron chi connectivity index (χ3n) is 3.60. The minimum Gasteiger partial charge on any atom is -0.478 e. The highest BCUT2D eigenvalue weighted by Gasteiger charge is 2.17. The Morgan fingerprint density at radius 2 is 1.74 bits per heavy atom. The van der Waals surface area contributed by atoms with Crippen LogP contribution in [-0.4, -0.2) is 25.5 Å². The smallest absolute Gasteiger partial charge is 0.336 e. The SMILES string of the molecule is CCC(C)NS(=O)(=O)c1ccc(-c2ccccc2C(=O)O)cc1. The highest BCUT2D eigenvalue weighted by Crippen LogP contribution is 2.25. The van der Waals surface area contributed by atoms with Gasteiger partial charge in [0.1, 0.15) is 0 Å². The third kappa shape index (κ3) is 3.97. The monoisotopic (exact) mass is 333 g/mol. The lowest BCUT2D eigenvalue weighted by Crippen LogP contribution is -2.31. The lowest BCUT2D eigenvalue weighted by molar-refractivity contribution is 0.0697. The molecule has 0 amide bonds. The van der Waals surface area contributed by atoms with E-state index in [-0.39, 0.29) is 16.5 Å². The van der Waals surface area contributed by atoms with E-state index >= 15 is 0 Å². The minimum atomic E-state index is -3.56. The summed E-state index contributed by atoms with van der Waals surface area (Å²) in [6.07, 6.45) is 0.698. The Kier molecular flexibility index (Phi) is 5.18. The van der Waals surface area contributed by atoms with Crippen molar-refractivity contribution in [2.45, 2.75) is 31.2 Å². The second kappa shape index (κ2) is 6.93. The van der Waals surface area contributed by atoms with Crippen LogP contribution in [0.1, 0.15) is 30.6 Å². The van der Waals surface area contributed by atoms with Gasteiger partial charge in [0.05, 0.1) is 10.5 Å². The van der Waals surface area contributed by atoms with E-state index in [9.17, 15) is 18.3 Å². The standard InChI is InChI=1S/C17H19NO4S/c1-3-12(2)18-23(21,22)14-10-8-13(9-11-14)15-6-4-5-7-16(15)17(19)20/h4-12,18H,3H2,1-2H3,(H,19,20). The van der Waals surface area contributed by atoms with Crippen LogP contribution in [0.4, 0.5) is 0 Å². The molecular weight excluding hydrogens is 314 g/mol. The molecule has 5 nitrogen and oxygen atoms in total. The van der Waals surface area contributed by atoms with E-state index in [1.807, 2.05) is 6.92 Å². The molecule has 0 fully saturated rings. The molecule has 0 aliphatic heterocycles. The van der Waals surface area contributed by atoms with Crippen LogP contribution >= 0.6 is 0 Å². The molecule has 0 heterocycles. The van der Waals surface area contributed by atoms with Crippen molar-refractivity contribution in [2.24, 2.45) is 0 Å². The van der Waals surface area contributed by atoms with E-state index in [0.29, 0.717) is 17.5 Å². The van der Waals surface area contributed by atoms with E-state index in [2.05, 4.69) is 4.72 Å². The van der Waals surface area contributed by atoms with Crippen molar-refractivity contribution in [3.8, 4) is 11.1 Å². The molecule has 0 aliphatic rings. The van der Waals surface area contributed by atoms with Gasteiger partial charge in [-0.3, -0.25) is 0 Å². The van der Waals surface area contributed by atoms with Gasteiger partial charge < -0.3 is 5.11 Å². The molecule has 0 radical (unpaired) electrons. The van der Waals surface area contributed by atoms with Crippen molar-refractivity contribution >= 4 is 16.0 Å². The number of carboxylic acids is 1. The molecule has 2 aromatic carbocycles. The van der Waals surface area contributed by atoms with Crippen molar-refractivity contribution in [1.82, 2.24) is 4.72 Å². The fraction of sp³-hybridized carbons (Fsp3) is 0.235. The zero-order chi connectivity index (χ0) is 17.0. The molecule has 2 N–H and O–H groups in total. The van der Waals surface area contributed by atoms with E-state index in [4.69, 9.17) is 0 Å². The minimum absolute atomic E-state index is 0.146. The summed E-state index contributed by atoms with van der Waals surface area (Å²) in [5.74, 6) is -1.02. The van der Waals surface area contributed by atoms with E-state index in [1.165, 1.54) is 18.2 Å². The summed E-state index contributed by atoms with van der Waals surface area (Å²) >= 11 is 0. The van der Waals surface area contributed by atoms with Crippen LogP contribution in [0.25, 0.3) is 11.1 Å². The van der Waals surface area contributed by atoms with Crippen molar-refractivity contribution < 1.29 is 18.3 Å². The second-order valence-electron chi connectivity index (χ2n) is 5.31. The van der Waals surface area contributed by atoms with Crippen molar-refractivity contribution in [2.75, 3.05) is 0 Å². The van der Waals surface area contributed by atoms with Crippen molar-refractivity contribution in [1.29, 1.82) is 0 Å². The van der Waals surface area contributed by atoms with Crippen molar-refractivity contribution in [3.63, 3.8) is 0 Å². The summed E-state index contributed by atoms with van der Waals surface area (Å²) in [5, 5.41) is 9.23. The zero-order valence-electron chi connectivity index (χ0n) is 13.0. The summed E-state index contributed by atoms with van der Waals surface area (Å²) in [7, 11) is -3.56. The van der Waals surface area contributed by atoms with E-state index < -0.39 is 16.0 Å². The summed E-state index contributed by atoms with van der Waals surface area (Å²) in [5.41, 5.74) is 1.39. The zero-order valence-corrected chi connectivity index (χ0v) is 13.8. The molecule has 0 aliphatic carbocycles. The van der Waals surface area contributed by atoms with Crippen LogP contribution in [-0.2, 0) is 10.0 Å². The molecule has 23 heavy (non-hydrogen) atoms. The normalized spacial score (nSPS) is 12.8. The van der Waals surface area contributed by atoms with Gasteiger partial charge in [0.25, 0.3) is 0 Å². The van der Waals surface area contributed by atoms with Gasteiger partial charge in [0, 0.05) is 6.04 Å². The van der Waals surface area contributed by atoms with Gasteiger partial charge in [0.15, 0.2) is 0 Å². The highest BCUT2D eigenvalue weighted by atomic mass is 32.2. The molecule has 0 saturated carbocycles. The Morgan fingerprint density at radius 3 is 2.30 bits per heavy atom. The number of nitrogens with one attached hydrogen (secondary N) is 1. The number of carbonyl (C=O) groups is 1. The Hall–Kier alpha value is -2.18. The maximum absolute atomic E-state index is 12.2. The molecule has 6 heteroatoms. The Labute approximate surface area is 136 Å². The van der Waals surface area contributed by atoms with Gasteiger partial charge in [0.2, 0.25) is 10.0 Å². The molecule has 2 aromatic rings. The topological polar surface area (TPSA) is 83.5 Å².